The number of rotatable bonds is 13. The lowest BCUT2D eigenvalue weighted by molar-refractivity contribution is -0.144. The van der Waals surface area contributed by atoms with Crippen molar-refractivity contribution < 1.29 is 27.9 Å². The van der Waals surface area contributed by atoms with E-state index in [4.69, 9.17) is 15.9 Å². The highest BCUT2D eigenvalue weighted by Gasteiger charge is 2.41. The molecule has 0 spiro atoms. The Morgan fingerprint density at radius 1 is 1.12 bits per heavy atom. The molecule has 2 aromatic rings. The third-order valence-electron chi connectivity index (χ3n) is 4.97. The molecule has 0 aliphatic carbocycles. The number of hydrogen-bond acceptors (Lipinski definition) is 6. The normalized spacial score (nSPS) is 13.0. The van der Waals surface area contributed by atoms with Gasteiger partial charge in [0, 0.05) is 18.5 Å². The Balaban J connectivity index is 1.89. The van der Waals surface area contributed by atoms with Crippen LogP contribution in [0.5, 0.6) is 5.75 Å². The number of carbonyl (C=O) groups excluding carboxylic acids is 1. The average Bonchev–Trinajstić information content (AvgIpc) is 2.80. The summed E-state index contributed by atoms with van der Waals surface area (Å²) in [6.45, 7) is 1.36. The summed E-state index contributed by atoms with van der Waals surface area (Å²) in [6, 6.07) is 14.1. The third kappa shape index (κ3) is 7.29. The van der Waals surface area contributed by atoms with Gasteiger partial charge in [-0.25, -0.2) is 8.42 Å². The summed E-state index contributed by atoms with van der Waals surface area (Å²) < 4.78 is 33.0. The first kappa shape index (κ1) is 25.8. The van der Waals surface area contributed by atoms with Crippen molar-refractivity contribution in [2.45, 2.75) is 36.6 Å². The molecular weight excluding hydrogens is 448 g/mol. The third-order valence-corrected chi connectivity index (χ3v) is 6.52. The van der Waals surface area contributed by atoms with Crippen molar-refractivity contribution in [3.63, 3.8) is 0 Å². The summed E-state index contributed by atoms with van der Waals surface area (Å²) >= 11 is 0. The number of benzene rings is 2. The molecule has 6 N–H and O–H groups in total. The van der Waals surface area contributed by atoms with Crippen LogP contribution in [-0.4, -0.2) is 49.9 Å². The van der Waals surface area contributed by atoms with Gasteiger partial charge in [-0.1, -0.05) is 25.1 Å². The van der Waals surface area contributed by atoms with Crippen LogP contribution >= 0.6 is 0 Å². The van der Waals surface area contributed by atoms with Crippen LogP contribution in [0.25, 0.3) is 0 Å². The Morgan fingerprint density at radius 2 is 1.76 bits per heavy atom. The van der Waals surface area contributed by atoms with E-state index in [0.717, 1.165) is 0 Å². The predicted molar refractivity (Wildman–Crippen MR) is 123 cm³/mol. The highest BCUT2D eigenvalue weighted by Crippen LogP contribution is 2.17. The SMILES string of the molecule is CC[C@@](CNC(=O)CCCOc1ccc(C(=N)N)cc1)(NS(=O)(=O)c1ccccc1)C(=O)O. The summed E-state index contributed by atoms with van der Waals surface area (Å²) in [7, 11) is -4.11. The monoisotopic (exact) mass is 476 g/mol. The van der Waals surface area contributed by atoms with E-state index >= 15 is 0 Å². The van der Waals surface area contributed by atoms with Crippen LogP contribution in [0.2, 0.25) is 0 Å². The van der Waals surface area contributed by atoms with Gasteiger partial charge in [0.05, 0.1) is 11.5 Å². The number of hydrogen-bond donors (Lipinski definition) is 5. The number of amidine groups is 1. The molecule has 178 valence electrons. The van der Waals surface area contributed by atoms with Crippen molar-refractivity contribution in [3.05, 3.63) is 60.2 Å². The fourth-order valence-electron chi connectivity index (χ4n) is 2.91. The van der Waals surface area contributed by atoms with Crippen molar-refractivity contribution in [1.29, 1.82) is 5.41 Å². The van der Waals surface area contributed by atoms with Crippen molar-refractivity contribution in [3.8, 4) is 5.75 Å². The van der Waals surface area contributed by atoms with E-state index in [9.17, 15) is 23.1 Å². The van der Waals surface area contributed by atoms with Gasteiger partial charge < -0.3 is 20.9 Å². The van der Waals surface area contributed by atoms with Crippen LogP contribution in [0, 0.1) is 5.41 Å². The fraction of sp³-hybridized carbons (Fsp3) is 0.318. The number of amides is 1. The zero-order chi connectivity index (χ0) is 24.5. The molecule has 1 atom stereocenters. The zero-order valence-corrected chi connectivity index (χ0v) is 19.0. The molecule has 0 aliphatic rings. The predicted octanol–water partition coefficient (Wildman–Crippen LogP) is 1.46. The second-order valence-corrected chi connectivity index (χ2v) is 9.01. The van der Waals surface area contributed by atoms with E-state index in [0.29, 0.717) is 17.7 Å². The molecule has 0 saturated carbocycles. The smallest absolute Gasteiger partial charge is 0.326 e. The molecule has 2 rings (SSSR count). The van der Waals surface area contributed by atoms with Crippen LogP contribution in [0.1, 0.15) is 31.7 Å². The Morgan fingerprint density at radius 3 is 2.30 bits per heavy atom. The maximum absolute atomic E-state index is 12.6. The van der Waals surface area contributed by atoms with Crippen molar-refractivity contribution in [1.82, 2.24) is 10.0 Å². The first-order valence-electron chi connectivity index (χ1n) is 10.3. The minimum Gasteiger partial charge on any atom is -0.494 e. The van der Waals surface area contributed by atoms with Crippen LogP contribution in [0.3, 0.4) is 0 Å². The minimum absolute atomic E-state index is 0.0474. The number of nitrogens with two attached hydrogens (primary N) is 1. The van der Waals surface area contributed by atoms with Gasteiger partial charge in [-0.2, -0.15) is 4.72 Å². The molecule has 0 heterocycles. The van der Waals surface area contributed by atoms with Crippen LogP contribution in [-0.2, 0) is 19.6 Å². The summed E-state index contributed by atoms with van der Waals surface area (Å²) in [5.74, 6) is -1.30. The standard InChI is InChI=1S/C22H28N4O6S/c1-2-22(21(28)29,26-33(30,31)18-7-4-3-5-8-18)15-25-19(27)9-6-14-32-17-12-10-16(11-13-17)20(23)24/h3-5,7-8,10-13,26H,2,6,9,14-15H2,1H3,(H3,23,24)(H,25,27)(H,28,29)/t22-/m0/s1. The molecular formula is C22H28N4O6S. The lowest BCUT2D eigenvalue weighted by Gasteiger charge is -2.29. The summed E-state index contributed by atoms with van der Waals surface area (Å²) in [5.41, 5.74) is 4.08. The molecule has 0 unspecified atom stereocenters. The minimum atomic E-state index is -4.11. The molecule has 0 bridgehead atoms. The number of nitrogens with one attached hydrogen (secondary N) is 3. The lowest BCUT2D eigenvalue weighted by Crippen LogP contribution is -2.60. The highest BCUT2D eigenvalue weighted by atomic mass is 32.2. The molecule has 33 heavy (non-hydrogen) atoms. The average molecular weight is 477 g/mol. The molecule has 0 saturated heterocycles. The Hall–Kier alpha value is -3.44. The van der Waals surface area contributed by atoms with E-state index < -0.39 is 34.0 Å². The van der Waals surface area contributed by atoms with Crippen molar-refractivity contribution >= 4 is 27.7 Å². The molecule has 0 aromatic heterocycles. The van der Waals surface area contributed by atoms with Gasteiger partial charge in [0.2, 0.25) is 15.9 Å². The largest absolute Gasteiger partial charge is 0.494 e. The Kier molecular flexibility index (Phi) is 8.94. The second kappa shape index (κ2) is 11.4. The highest BCUT2D eigenvalue weighted by molar-refractivity contribution is 7.89. The number of aliphatic carboxylic acids is 1. The van der Waals surface area contributed by atoms with Crippen molar-refractivity contribution in [2.75, 3.05) is 13.2 Å². The molecule has 11 heteroatoms. The number of nitrogen functional groups attached to an aromatic ring is 1. The number of ether oxygens (including phenoxy) is 1. The molecule has 0 aliphatic heterocycles. The van der Waals surface area contributed by atoms with Gasteiger partial charge in [-0.05, 0) is 49.2 Å². The first-order chi connectivity index (χ1) is 15.6. The molecule has 2 aromatic carbocycles. The summed E-state index contributed by atoms with van der Waals surface area (Å²) in [5, 5.41) is 19.6. The number of sulfonamides is 1. The maximum atomic E-state index is 12.6. The van der Waals surface area contributed by atoms with Gasteiger partial charge in [0.1, 0.15) is 17.1 Å². The maximum Gasteiger partial charge on any atom is 0.326 e. The van der Waals surface area contributed by atoms with Crippen LogP contribution < -0.4 is 20.5 Å². The number of carbonyl (C=O) groups is 2. The molecule has 0 radical (unpaired) electrons. The summed E-state index contributed by atoms with van der Waals surface area (Å²) in [4.78, 5) is 24.1. The Bertz CT molecular complexity index is 1070. The zero-order valence-electron chi connectivity index (χ0n) is 18.2. The van der Waals surface area contributed by atoms with Gasteiger partial charge in [0.15, 0.2) is 0 Å². The van der Waals surface area contributed by atoms with Gasteiger partial charge >= 0.3 is 5.97 Å². The van der Waals surface area contributed by atoms with Gasteiger partial charge in [-0.3, -0.25) is 15.0 Å². The van der Waals surface area contributed by atoms with Gasteiger partial charge in [-0.15, -0.1) is 0 Å². The first-order valence-corrected chi connectivity index (χ1v) is 11.7. The van der Waals surface area contributed by atoms with E-state index in [1.54, 1.807) is 30.3 Å². The topological polar surface area (TPSA) is 172 Å². The second-order valence-electron chi connectivity index (χ2n) is 7.33. The molecule has 1 amide bonds. The number of carboxylic acids is 1. The molecule has 10 nitrogen and oxygen atoms in total. The van der Waals surface area contributed by atoms with Crippen LogP contribution in [0.4, 0.5) is 0 Å². The van der Waals surface area contributed by atoms with Crippen LogP contribution in [0.15, 0.2) is 59.5 Å². The molecule has 0 fully saturated rings. The van der Waals surface area contributed by atoms with E-state index in [1.165, 1.54) is 31.2 Å². The van der Waals surface area contributed by atoms with E-state index in [1.807, 2.05) is 0 Å². The summed E-state index contributed by atoms with van der Waals surface area (Å²) in [6.07, 6.45) is 0.354. The fourth-order valence-corrected chi connectivity index (χ4v) is 4.36. The lowest BCUT2D eigenvalue weighted by atomic mass is 9.98. The Labute approximate surface area is 192 Å². The van der Waals surface area contributed by atoms with Gasteiger partial charge in [0.25, 0.3) is 0 Å². The van der Waals surface area contributed by atoms with Crippen molar-refractivity contribution in [2.24, 2.45) is 5.73 Å². The number of carboxylic acid groups (broad SMARTS) is 1. The van der Waals surface area contributed by atoms with E-state index in [-0.39, 0.29) is 30.2 Å². The van der Waals surface area contributed by atoms with E-state index in [2.05, 4.69) is 10.0 Å². The quantitative estimate of drug-likeness (QED) is 0.165.